The molecule has 6 nitrogen and oxygen atoms in total. The lowest BCUT2D eigenvalue weighted by molar-refractivity contribution is -0.121. The maximum Gasteiger partial charge on any atom is 0.247 e. The number of hydrogen-bond acceptors (Lipinski definition) is 5. The van der Waals surface area contributed by atoms with Crippen LogP contribution in [0.15, 0.2) is 77.9 Å². The standard InChI is InChI=1S/C28H25ClN4O2S/c1-17-6-8-19(9-7-17)23-15-24(20-10-12-21(29)13-11-20)33(31-23)28(30)36-25-16-26(34)32(27(25)35)22-5-3-4-18(2)14-22/h3-14,24-25,30H,15-16H2,1-2H3/t24-,25-/m1/s1. The molecule has 2 aliphatic rings. The highest BCUT2D eigenvalue weighted by Gasteiger charge is 2.42. The van der Waals surface area contributed by atoms with Crippen LogP contribution in [0.5, 0.6) is 0 Å². The van der Waals surface area contributed by atoms with Crippen LogP contribution in [0.1, 0.15) is 41.1 Å². The maximum absolute atomic E-state index is 13.2. The monoisotopic (exact) mass is 516 g/mol. The highest BCUT2D eigenvalue weighted by atomic mass is 35.5. The van der Waals surface area contributed by atoms with Gasteiger partial charge in [0, 0.05) is 17.9 Å². The Morgan fingerprint density at radius 3 is 2.39 bits per heavy atom. The van der Waals surface area contributed by atoms with Crippen LogP contribution < -0.4 is 4.90 Å². The molecule has 0 spiro atoms. The van der Waals surface area contributed by atoms with E-state index in [0.717, 1.165) is 39.7 Å². The lowest BCUT2D eigenvalue weighted by atomic mass is 9.98. The Bertz CT molecular complexity index is 1370. The highest BCUT2D eigenvalue weighted by Crippen LogP contribution is 2.38. The first-order valence-electron chi connectivity index (χ1n) is 11.7. The lowest BCUT2D eigenvalue weighted by Crippen LogP contribution is -2.32. The molecule has 0 unspecified atom stereocenters. The minimum absolute atomic E-state index is 0.0494. The molecule has 3 aromatic carbocycles. The van der Waals surface area contributed by atoms with Gasteiger partial charge < -0.3 is 0 Å². The molecule has 2 aliphatic heterocycles. The van der Waals surface area contributed by atoms with E-state index in [2.05, 4.69) is 0 Å². The zero-order chi connectivity index (χ0) is 25.4. The van der Waals surface area contributed by atoms with E-state index >= 15 is 0 Å². The number of carbonyl (C=O) groups excluding carboxylic acids is 2. The molecule has 36 heavy (non-hydrogen) atoms. The second-order valence-corrected chi connectivity index (χ2v) is 10.7. The number of amides is 2. The van der Waals surface area contributed by atoms with Crippen molar-refractivity contribution < 1.29 is 9.59 Å². The Kier molecular flexibility index (Phi) is 6.69. The zero-order valence-electron chi connectivity index (χ0n) is 19.9. The summed E-state index contributed by atoms with van der Waals surface area (Å²) in [6.45, 7) is 3.96. The third-order valence-electron chi connectivity index (χ3n) is 6.38. The highest BCUT2D eigenvalue weighted by molar-refractivity contribution is 8.14. The number of nitrogens with one attached hydrogen (secondary N) is 1. The fraction of sp³-hybridized carbons (Fsp3) is 0.214. The van der Waals surface area contributed by atoms with E-state index < -0.39 is 5.25 Å². The van der Waals surface area contributed by atoms with E-state index in [1.165, 1.54) is 4.90 Å². The van der Waals surface area contributed by atoms with Crippen molar-refractivity contribution in [3.8, 4) is 0 Å². The molecule has 2 amide bonds. The van der Waals surface area contributed by atoms with Gasteiger partial charge in [0.05, 0.1) is 17.4 Å². The molecule has 0 bridgehead atoms. The van der Waals surface area contributed by atoms with Gasteiger partial charge >= 0.3 is 0 Å². The second-order valence-electron chi connectivity index (χ2n) is 9.05. The quantitative estimate of drug-likeness (QED) is 0.258. The third-order valence-corrected chi connectivity index (χ3v) is 7.69. The topological polar surface area (TPSA) is 76.8 Å². The fourth-order valence-corrected chi connectivity index (χ4v) is 5.59. The number of benzene rings is 3. The smallest absolute Gasteiger partial charge is 0.247 e. The van der Waals surface area contributed by atoms with Crippen LogP contribution in [0.3, 0.4) is 0 Å². The molecular formula is C28H25ClN4O2S. The average molecular weight is 517 g/mol. The second kappa shape index (κ2) is 9.91. The van der Waals surface area contributed by atoms with Gasteiger partial charge in [-0.2, -0.15) is 5.10 Å². The number of halogens is 1. The number of amidine groups is 1. The van der Waals surface area contributed by atoms with Gasteiger partial charge in [0.25, 0.3) is 0 Å². The van der Waals surface area contributed by atoms with Crippen molar-refractivity contribution in [3.63, 3.8) is 0 Å². The van der Waals surface area contributed by atoms with E-state index in [0.29, 0.717) is 17.1 Å². The molecule has 1 saturated heterocycles. The lowest BCUT2D eigenvalue weighted by Gasteiger charge is -2.24. The summed E-state index contributed by atoms with van der Waals surface area (Å²) in [5.41, 5.74) is 5.55. The minimum atomic E-state index is -0.671. The molecule has 8 heteroatoms. The number of hydrogen-bond donors (Lipinski definition) is 1. The Balaban J connectivity index is 1.40. The minimum Gasteiger partial charge on any atom is -0.277 e. The number of nitrogens with zero attached hydrogens (tertiary/aromatic N) is 3. The molecule has 182 valence electrons. The van der Waals surface area contributed by atoms with E-state index in [1.54, 1.807) is 11.1 Å². The van der Waals surface area contributed by atoms with Gasteiger partial charge in [0.15, 0.2) is 5.17 Å². The number of thioether (sulfide) groups is 1. The van der Waals surface area contributed by atoms with Crippen molar-refractivity contribution in [1.29, 1.82) is 5.41 Å². The molecule has 0 aliphatic carbocycles. The number of imide groups is 1. The third kappa shape index (κ3) is 4.81. The van der Waals surface area contributed by atoms with E-state index in [4.69, 9.17) is 22.1 Å². The predicted octanol–water partition coefficient (Wildman–Crippen LogP) is 6.11. The molecule has 2 atom stereocenters. The largest absolute Gasteiger partial charge is 0.277 e. The molecular weight excluding hydrogens is 492 g/mol. The fourth-order valence-electron chi connectivity index (χ4n) is 4.49. The molecule has 5 rings (SSSR count). The van der Waals surface area contributed by atoms with Crippen molar-refractivity contribution in [1.82, 2.24) is 5.01 Å². The molecule has 1 N–H and O–H groups in total. The number of anilines is 1. The van der Waals surface area contributed by atoms with Crippen LogP contribution in [-0.4, -0.2) is 33.0 Å². The molecule has 0 radical (unpaired) electrons. The van der Waals surface area contributed by atoms with Crippen molar-refractivity contribution in [2.45, 2.75) is 38.0 Å². The summed E-state index contributed by atoms with van der Waals surface area (Å²) in [6.07, 6.45) is 0.661. The predicted molar refractivity (Wildman–Crippen MR) is 146 cm³/mol. The summed E-state index contributed by atoms with van der Waals surface area (Å²) in [4.78, 5) is 27.2. The Morgan fingerprint density at radius 2 is 1.69 bits per heavy atom. The van der Waals surface area contributed by atoms with E-state index in [9.17, 15) is 9.59 Å². The van der Waals surface area contributed by atoms with Gasteiger partial charge in [-0.15, -0.1) is 0 Å². The molecule has 3 aromatic rings. The van der Waals surface area contributed by atoms with Crippen LogP contribution in [0.2, 0.25) is 5.02 Å². The zero-order valence-corrected chi connectivity index (χ0v) is 21.5. The van der Waals surface area contributed by atoms with Crippen molar-refractivity contribution >= 4 is 51.7 Å². The van der Waals surface area contributed by atoms with Crippen LogP contribution in [-0.2, 0) is 9.59 Å². The first kappa shape index (κ1) is 24.3. The SMILES string of the molecule is Cc1ccc(C2=NN(C(=N)S[C@@H]3CC(=O)N(c4cccc(C)c4)C3=O)[C@@H](c3ccc(Cl)cc3)C2)cc1. The van der Waals surface area contributed by atoms with Crippen molar-refractivity contribution in [2.75, 3.05) is 4.90 Å². The Labute approximate surface area is 219 Å². The normalized spacial score (nSPS) is 19.7. The van der Waals surface area contributed by atoms with E-state index in [1.807, 2.05) is 80.6 Å². The summed E-state index contributed by atoms with van der Waals surface area (Å²) in [5, 5.41) is 15.5. The van der Waals surface area contributed by atoms with Crippen LogP contribution in [0.25, 0.3) is 0 Å². The summed E-state index contributed by atoms with van der Waals surface area (Å²) in [7, 11) is 0. The van der Waals surface area contributed by atoms with Crippen LogP contribution in [0.4, 0.5) is 5.69 Å². The molecule has 0 aromatic heterocycles. The Hall–Kier alpha value is -3.42. The van der Waals surface area contributed by atoms with Gasteiger partial charge in [-0.3, -0.25) is 15.0 Å². The number of aryl methyl sites for hydroxylation is 2. The average Bonchev–Trinajstić information content (AvgIpc) is 3.41. The molecule has 1 fully saturated rings. The molecule has 0 saturated carbocycles. The van der Waals surface area contributed by atoms with Crippen LogP contribution in [0, 0.1) is 19.3 Å². The maximum atomic E-state index is 13.2. The van der Waals surface area contributed by atoms with Crippen molar-refractivity contribution in [3.05, 3.63) is 100 Å². The van der Waals surface area contributed by atoms with Gasteiger partial charge in [0.2, 0.25) is 11.8 Å². The molecule has 2 heterocycles. The number of rotatable bonds is 4. The van der Waals surface area contributed by atoms with Gasteiger partial charge in [-0.25, -0.2) is 9.91 Å². The summed E-state index contributed by atoms with van der Waals surface area (Å²) in [6, 6.07) is 22.8. The van der Waals surface area contributed by atoms with Gasteiger partial charge in [0.1, 0.15) is 5.25 Å². The summed E-state index contributed by atoms with van der Waals surface area (Å²) in [5.74, 6) is -0.555. The van der Waals surface area contributed by atoms with Crippen molar-refractivity contribution in [2.24, 2.45) is 5.10 Å². The van der Waals surface area contributed by atoms with Gasteiger partial charge in [-0.1, -0.05) is 77.5 Å². The Morgan fingerprint density at radius 1 is 0.972 bits per heavy atom. The number of hydrazone groups is 1. The summed E-state index contributed by atoms with van der Waals surface area (Å²) < 4.78 is 0. The summed E-state index contributed by atoms with van der Waals surface area (Å²) >= 11 is 7.20. The van der Waals surface area contributed by atoms with E-state index in [-0.39, 0.29) is 29.4 Å². The first-order valence-corrected chi connectivity index (χ1v) is 12.9. The van der Waals surface area contributed by atoms with Gasteiger partial charge in [-0.05, 0) is 54.8 Å². The number of carbonyl (C=O) groups is 2. The first-order chi connectivity index (χ1) is 17.3. The van der Waals surface area contributed by atoms with Crippen LogP contribution >= 0.6 is 23.4 Å².